The first-order valence-electron chi connectivity index (χ1n) is 9.64. The summed E-state index contributed by atoms with van der Waals surface area (Å²) in [4.78, 5) is 12.6. The van der Waals surface area contributed by atoms with Crippen LogP contribution in [0.15, 0.2) is 42.5 Å². The molecule has 4 nitrogen and oxygen atoms in total. The lowest BCUT2D eigenvalue weighted by atomic mass is 9.92. The molecule has 0 spiro atoms. The van der Waals surface area contributed by atoms with E-state index in [1.165, 1.54) is 11.1 Å². The van der Waals surface area contributed by atoms with Gasteiger partial charge in [-0.15, -0.1) is 0 Å². The quantitative estimate of drug-likeness (QED) is 0.671. The number of carbonyl (C=O) groups excluding carboxylic acids is 1. The van der Waals surface area contributed by atoms with Crippen LogP contribution in [0.25, 0.3) is 0 Å². The second-order valence-electron chi connectivity index (χ2n) is 7.51. The van der Waals surface area contributed by atoms with Crippen LogP contribution in [0, 0.1) is 0 Å². The third-order valence-electron chi connectivity index (χ3n) is 4.81. The van der Waals surface area contributed by atoms with Crippen LogP contribution in [-0.4, -0.2) is 19.6 Å². The zero-order chi connectivity index (χ0) is 20.0. The summed E-state index contributed by atoms with van der Waals surface area (Å²) in [7, 11) is 1.66. The number of benzene rings is 2. The molecule has 2 aromatic carbocycles. The molecule has 0 aliphatic rings. The van der Waals surface area contributed by atoms with Crippen molar-refractivity contribution in [3.63, 3.8) is 0 Å². The topological polar surface area (TPSA) is 50.4 Å². The van der Waals surface area contributed by atoms with Gasteiger partial charge in [0.15, 0.2) is 0 Å². The smallest absolute Gasteiger partial charge is 0.238 e. The fourth-order valence-electron chi connectivity index (χ4n) is 3.26. The van der Waals surface area contributed by atoms with Crippen molar-refractivity contribution in [2.24, 2.45) is 0 Å². The maximum Gasteiger partial charge on any atom is 0.238 e. The molecule has 2 rings (SSSR count). The Hall–Kier alpha value is -2.33. The molecule has 4 heteroatoms. The van der Waals surface area contributed by atoms with Gasteiger partial charge in [-0.05, 0) is 36.0 Å². The van der Waals surface area contributed by atoms with Gasteiger partial charge in [0.2, 0.25) is 5.91 Å². The van der Waals surface area contributed by atoms with Gasteiger partial charge in [0.05, 0.1) is 13.7 Å². The molecule has 1 amide bonds. The molecule has 0 saturated heterocycles. The van der Waals surface area contributed by atoms with Gasteiger partial charge < -0.3 is 15.4 Å². The lowest BCUT2D eigenvalue weighted by molar-refractivity contribution is -0.115. The molecule has 0 radical (unpaired) electrons. The number of methoxy groups -OCH3 is 1. The fourth-order valence-corrected chi connectivity index (χ4v) is 3.26. The number of rotatable bonds is 8. The van der Waals surface area contributed by atoms with Crippen molar-refractivity contribution in [1.82, 2.24) is 5.32 Å². The van der Waals surface area contributed by atoms with Gasteiger partial charge in [0, 0.05) is 17.3 Å². The Kier molecular flexibility index (Phi) is 7.43. The highest BCUT2D eigenvalue weighted by Crippen LogP contribution is 2.32. The average Bonchev–Trinajstić information content (AvgIpc) is 2.65. The van der Waals surface area contributed by atoms with Crippen LogP contribution in [0.1, 0.15) is 69.2 Å². The van der Waals surface area contributed by atoms with E-state index in [1.807, 2.05) is 31.2 Å². The molecule has 27 heavy (non-hydrogen) atoms. The molecule has 2 N–H and O–H groups in total. The monoisotopic (exact) mass is 368 g/mol. The lowest BCUT2D eigenvalue weighted by Gasteiger charge is -2.21. The Bertz CT molecular complexity index is 742. The zero-order valence-electron chi connectivity index (χ0n) is 17.3. The van der Waals surface area contributed by atoms with Crippen LogP contribution in [0.5, 0.6) is 5.75 Å². The Morgan fingerprint density at radius 1 is 0.889 bits per heavy atom. The second-order valence-corrected chi connectivity index (χ2v) is 7.51. The highest BCUT2D eigenvalue weighted by molar-refractivity contribution is 5.94. The van der Waals surface area contributed by atoms with Crippen LogP contribution in [0.3, 0.4) is 0 Å². The first kappa shape index (κ1) is 21.0. The standard InChI is InChI=1S/C23H32N2O2/c1-15(2)18-11-9-12-19(16(3)4)23(18)25-22(26)14-24-17(5)20-10-7-8-13-21(20)27-6/h7-13,15-17,24H,14H2,1-6H3,(H,25,26). The van der Waals surface area contributed by atoms with E-state index >= 15 is 0 Å². The number of ether oxygens (including phenoxy) is 1. The predicted octanol–water partition coefficient (Wildman–Crippen LogP) is 5.23. The molecule has 0 heterocycles. The lowest BCUT2D eigenvalue weighted by Crippen LogP contribution is -2.31. The molecule has 0 aliphatic heterocycles. The minimum absolute atomic E-state index is 0.0109. The van der Waals surface area contributed by atoms with Gasteiger partial charge in [-0.3, -0.25) is 4.79 Å². The second kappa shape index (κ2) is 9.56. The average molecular weight is 369 g/mol. The molecular formula is C23H32N2O2. The Labute approximate surface area is 163 Å². The maximum atomic E-state index is 12.6. The zero-order valence-corrected chi connectivity index (χ0v) is 17.3. The van der Waals surface area contributed by atoms with Crippen LogP contribution in [-0.2, 0) is 4.79 Å². The summed E-state index contributed by atoms with van der Waals surface area (Å²) in [6, 6.07) is 14.1. The summed E-state index contributed by atoms with van der Waals surface area (Å²) in [5.41, 5.74) is 4.34. The Morgan fingerprint density at radius 3 is 2.00 bits per heavy atom. The van der Waals surface area contributed by atoms with Gasteiger partial charge in [-0.1, -0.05) is 64.1 Å². The van der Waals surface area contributed by atoms with E-state index in [4.69, 9.17) is 4.74 Å². The van der Waals surface area contributed by atoms with Crippen LogP contribution < -0.4 is 15.4 Å². The number of amides is 1. The minimum atomic E-state index is -0.0354. The van der Waals surface area contributed by atoms with Crippen molar-refractivity contribution in [2.45, 2.75) is 52.5 Å². The number of anilines is 1. The molecule has 1 atom stereocenters. The Balaban J connectivity index is 2.10. The van der Waals surface area contributed by atoms with Gasteiger partial charge >= 0.3 is 0 Å². The van der Waals surface area contributed by atoms with E-state index in [2.05, 4.69) is 56.5 Å². The van der Waals surface area contributed by atoms with Crippen molar-refractivity contribution in [3.8, 4) is 5.75 Å². The Morgan fingerprint density at radius 2 is 1.44 bits per heavy atom. The van der Waals surface area contributed by atoms with E-state index in [9.17, 15) is 4.79 Å². The molecule has 0 aliphatic carbocycles. The molecular weight excluding hydrogens is 336 g/mol. The van der Waals surface area contributed by atoms with E-state index in [0.717, 1.165) is 17.0 Å². The van der Waals surface area contributed by atoms with Gasteiger partial charge in [0.1, 0.15) is 5.75 Å². The van der Waals surface area contributed by atoms with E-state index in [1.54, 1.807) is 7.11 Å². The molecule has 0 aromatic heterocycles. The first-order chi connectivity index (χ1) is 12.8. The molecule has 1 unspecified atom stereocenters. The number of hydrogen-bond donors (Lipinski definition) is 2. The third kappa shape index (κ3) is 5.33. The normalized spacial score (nSPS) is 12.3. The third-order valence-corrected chi connectivity index (χ3v) is 4.81. The molecule has 146 valence electrons. The molecule has 2 aromatic rings. The van der Waals surface area contributed by atoms with Crippen molar-refractivity contribution in [3.05, 3.63) is 59.2 Å². The van der Waals surface area contributed by atoms with Crippen molar-refractivity contribution in [2.75, 3.05) is 19.0 Å². The summed E-state index contributed by atoms with van der Waals surface area (Å²) in [6.07, 6.45) is 0. The van der Waals surface area contributed by atoms with Crippen LogP contribution in [0.4, 0.5) is 5.69 Å². The highest BCUT2D eigenvalue weighted by atomic mass is 16.5. The number of carbonyl (C=O) groups is 1. The van der Waals surface area contributed by atoms with E-state index < -0.39 is 0 Å². The highest BCUT2D eigenvalue weighted by Gasteiger charge is 2.17. The number of para-hydroxylation sites is 2. The van der Waals surface area contributed by atoms with Gasteiger partial charge in [-0.2, -0.15) is 0 Å². The predicted molar refractivity (Wildman–Crippen MR) is 113 cm³/mol. The molecule has 0 bridgehead atoms. The number of nitrogens with one attached hydrogen (secondary N) is 2. The fraction of sp³-hybridized carbons (Fsp3) is 0.435. The maximum absolute atomic E-state index is 12.6. The van der Waals surface area contributed by atoms with Crippen molar-refractivity contribution < 1.29 is 9.53 Å². The van der Waals surface area contributed by atoms with Crippen LogP contribution >= 0.6 is 0 Å². The summed E-state index contributed by atoms with van der Waals surface area (Å²) >= 11 is 0. The first-order valence-corrected chi connectivity index (χ1v) is 9.64. The molecule has 0 fully saturated rings. The van der Waals surface area contributed by atoms with E-state index in [0.29, 0.717) is 11.8 Å². The summed E-state index contributed by atoms with van der Waals surface area (Å²) in [5, 5.41) is 6.44. The summed E-state index contributed by atoms with van der Waals surface area (Å²) < 4.78 is 5.41. The summed E-state index contributed by atoms with van der Waals surface area (Å²) in [5.74, 6) is 1.48. The molecule has 0 saturated carbocycles. The largest absolute Gasteiger partial charge is 0.496 e. The summed E-state index contributed by atoms with van der Waals surface area (Å²) in [6.45, 7) is 10.9. The van der Waals surface area contributed by atoms with E-state index in [-0.39, 0.29) is 18.5 Å². The van der Waals surface area contributed by atoms with Crippen LogP contribution in [0.2, 0.25) is 0 Å². The van der Waals surface area contributed by atoms with Crippen molar-refractivity contribution in [1.29, 1.82) is 0 Å². The minimum Gasteiger partial charge on any atom is -0.496 e. The van der Waals surface area contributed by atoms with Gasteiger partial charge in [0.25, 0.3) is 0 Å². The van der Waals surface area contributed by atoms with Gasteiger partial charge in [-0.25, -0.2) is 0 Å². The number of hydrogen-bond acceptors (Lipinski definition) is 3. The SMILES string of the molecule is COc1ccccc1C(C)NCC(=O)Nc1c(C(C)C)cccc1C(C)C. The van der Waals surface area contributed by atoms with Crippen molar-refractivity contribution >= 4 is 11.6 Å².